The molecule has 0 amide bonds. The lowest BCUT2D eigenvalue weighted by atomic mass is 10.1. The van der Waals surface area contributed by atoms with Crippen LogP contribution in [0.4, 0.5) is 0 Å². The van der Waals surface area contributed by atoms with Gasteiger partial charge < -0.3 is 10.2 Å². The highest BCUT2D eigenvalue weighted by Crippen LogP contribution is 2.35. The molecule has 1 N–H and O–H groups in total. The maximum atomic E-state index is 3.66. The van der Waals surface area contributed by atoms with Gasteiger partial charge >= 0.3 is 0 Å². The topological polar surface area (TPSA) is 15.3 Å². The zero-order chi connectivity index (χ0) is 10.8. The van der Waals surface area contributed by atoms with Gasteiger partial charge in [-0.25, -0.2) is 0 Å². The van der Waals surface area contributed by atoms with Crippen molar-refractivity contribution in [2.75, 3.05) is 13.1 Å². The molecule has 0 spiro atoms. The fourth-order valence-corrected chi connectivity index (χ4v) is 2.77. The van der Waals surface area contributed by atoms with Gasteiger partial charge in [0.1, 0.15) is 0 Å². The van der Waals surface area contributed by atoms with Crippen molar-refractivity contribution in [2.24, 2.45) is 5.92 Å². The van der Waals surface area contributed by atoms with Crippen LogP contribution in [-0.4, -0.2) is 36.1 Å². The number of hydrogen-bond acceptors (Lipinski definition) is 2. The van der Waals surface area contributed by atoms with E-state index in [0.29, 0.717) is 12.1 Å². The monoisotopic (exact) mass is 210 g/mol. The Kier molecular flexibility index (Phi) is 3.68. The Morgan fingerprint density at radius 1 is 1.00 bits per heavy atom. The fraction of sp³-hybridized carbons (Fsp3) is 1.00. The van der Waals surface area contributed by atoms with E-state index in [1.54, 1.807) is 0 Å². The summed E-state index contributed by atoms with van der Waals surface area (Å²) in [6.07, 6.45) is 5.56. The standard InChI is InChI=1S/C13H26N2/c1-10-6-8-15(9-7-11(2)14-10)12(3)13-4-5-13/h10-14H,4-9H2,1-3H3. The predicted molar refractivity (Wildman–Crippen MR) is 65.1 cm³/mol. The summed E-state index contributed by atoms with van der Waals surface area (Å²) in [6.45, 7) is 9.66. The molecule has 0 radical (unpaired) electrons. The maximum absolute atomic E-state index is 3.66. The van der Waals surface area contributed by atoms with E-state index in [2.05, 4.69) is 31.0 Å². The summed E-state index contributed by atoms with van der Waals surface area (Å²) in [6, 6.07) is 2.21. The van der Waals surface area contributed by atoms with Crippen LogP contribution in [0, 0.1) is 5.92 Å². The lowest BCUT2D eigenvalue weighted by Gasteiger charge is -2.34. The van der Waals surface area contributed by atoms with Crippen molar-refractivity contribution in [1.29, 1.82) is 0 Å². The van der Waals surface area contributed by atoms with Crippen molar-refractivity contribution >= 4 is 0 Å². The lowest BCUT2D eigenvalue weighted by molar-refractivity contribution is 0.157. The molecule has 1 aliphatic carbocycles. The molecule has 1 aliphatic heterocycles. The second-order valence-electron chi connectivity index (χ2n) is 5.66. The molecular weight excluding hydrogens is 184 g/mol. The fourth-order valence-electron chi connectivity index (χ4n) is 2.77. The van der Waals surface area contributed by atoms with E-state index >= 15 is 0 Å². The Morgan fingerprint density at radius 2 is 1.53 bits per heavy atom. The third kappa shape index (κ3) is 3.18. The molecule has 0 aromatic rings. The first-order valence-electron chi connectivity index (χ1n) is 6.67. The third-order valence-electron chi connectivity index (χ3n) is 4.15. The number of nitrogens with one attached hydrogen (secondary N) is 1. The molecule has 0 bridgehead atoms. The van der Waals surface area contributed by atoms with Crippen molar-refractivity contribution < 1.29 is 0 Å². The largest absolute Gasteiger partial charge is 0.312 e. The molecule has 15 heavy (non-hydrogen) atoms. The normalized spacial score (nSPS) is 37.0. The van der Waals surface area contributed by atoms with Crippen LogP contribution in [0.2, 0.25) is 0 Å². The zero-order valence-corrected chi connectivity index (χ0v) is 10.5. The minimum Gasteiger partial charge on any atom is -0.312 e. The van der Waals surface area contributed by atoms with Crippen LogP contribution in [0.1, 0.15) is 46.5 Å². The van der Waals surface area contributed by atoms with Crippen molar-refractivity contribution in [3.8, 4) is 0 Å². The van der Waals surface area contributed by atoms with E-state index in [1.807, 2.05) is 0 Å². The molecule has 88 valence electrons. The number of hydrogen-bond donors (Lipinski definition) is 1. The molecule has 1 saturated carbocycles. The summed E-state index contributed by atoms with van der Waals surface area (Å²) < 4.78 is 0. The smallest absolute Gasteiger partial charge is 0.00952 e. The Labute approximate surface area is 94.4 Å². The molecule has 0 aromatic carbocycles. The zero-order valence-electron chi connectivity index (χ0n) is 10.5. The van der Waals surface area contributed by atoms with Gasteiger partial charge in [0.25, 0.3) is 0 Å². The van der Waals surface area contributed by atoms with Gasteiger partial charge in [0.2, 0.25) is 0 Å². The average molecular weight is 210 g/mol. The number of nitrogens with zero attached hydrogens (tertiary/aromatic N) is 1. The molecule has 2 aliphatic rings. The molecule has 2 rings (SSSR count). The van der Waals surface area contributed by atoms with Gasteiger partial charge in [0.05, 0.1) is 0 Å². The summed E-state index contributed by atoms with van der Waals surface area (Å²) in [5.41, 5.74) is 0. The lowest BCUT2D eigenvalue weighted by Crippen LogP contribution is -2.46. The van der Waals surface area contributed by atoms with Crippen LogP contribution in [0.5, 0.6) is 0 Å². The first kappa shape index (κ1) is 11.4. The van der Waals surface area contributed by atoms with Gasteiger partial charge in [-0.2, -0.15) is 0 Å². The SMILES string of the molecule is CC1CCN(C(C)C2CC2)CCC(C)N1. The van der Waals surface area contributed by atoms with Crippen LogP contribution in [0.15, 0.2) is 0 Å². The molecule has 3 unspecified atom stereocenters. The second-order valence-corrected chi connectivity index (χ2v) is 5.66. The predicted octanol–water partition coefficient (Wildman–Crippen LogP) is 2.25. The van der Waals surface area contributed by atoms with E-state index in [4.69, 9.17) is 0 Å². The Hall–Kier alpha value is -0.0800. The Morgan fingerprint density at radius 3 is 2.00 bits per heavy atom. The highest BCUT2D eigenvalue weighted by Gasteiger charge is 2.32. The van der Waals surface area contributed by atoms with Gasteiger partial charge in [-0.05, 0) is 65.5 Å². The Bertz CT molecular complexity index is 189. The Balaban J connectivity index is 1.87. The molecule has 2 fully saturated rings. The van der Waals surface area contributed by atoms with E-state index in [-0.39, 0.29) is 0 Å². The van der Waals surface area contributed by atoms with Crippen LogP contribution < -0.4 is 5.32 Å². The van der Waals surface area contributed by atoms with Gasteiger partial charge in [0.15, 0.2) is 0 Å². The summed E-state index contributed by atoms with van der Waals surface area (Å²) in [4.78, 5) is 2.73. The molecule has 1 heterocycles. The van der Waals surface area contributed by atoms with Crippen LogP contribution in [0.3, 0.4) is 0 Å². The highest BCUT2D eigenvalue weighted by atomic mass is 15.2. The summed E-state index contributed by atoms with van der Waals surface area (Å²) in [7, 11) is 0. The average Bonchev–Trinajstić information content (AvgIpc) is 2.97. The first-order chi connectivity index (χ1) is 7.16. The van der Waals surface area contributed by atoms with E-state index in [0.717, 1.165) is 12.0 Å². The molecule has 2 heteroatoms. The maximum Gasteiger partial charge on any atom is 0.00952 e. The van der Waals surface area contributed by atoms with Gasteiger partial charge in [-0.3, -0.25) is 0 Å². The molecule has 1 saturated heterocycles. The van der Waals surface area contributed by atoms with E-state index < -0.39 is 0 Å². The summed E-state index contributed by atoms with van der Waals surface area (Å²) in [5.74, 6) is 1.02. The minimum absolute atomic E-state index is 0.689. The van der Waals surface area contributed by atoms with Crippen molar-refractivity contribution in [3.63, 3.8) is 0 Å². The second kappa shape index (κ2) is 4.84. The van der Waals surface area contributed by atoms with Crippen molar-refractivity contribution in [3.05, 3.63) is 0 Å². The number of rotatable bonds is 2. The summed E-state index contributed by atoms with van der Waals surface area (Å²) >= 11 is 0. The molecule has 3 atom stereocenters. The highest BCUT2D eigenvalue weighted by molar-refractivity contribution is 4.87. The van der Waals surface area contributed by atoms with Gasteiger partial charge in [-0.15, -0.1) is 0 Å². The molecular formula is C13H26N2. The van der Waals surface area contributed by atoms with E-state index in [1.165, 1.54) is 38.8 Å². The first-order valence-corrected chi connectivity index (χ1v) is 6.67. The third-order valence-corrected chi connectivity index (χ3v) is 4.15. The van der Waals surface area contributed by atoms with E-state index in [9.17, 15) is 0 Å². The summed E-state index contributed by atoms with van der Waals surface area (Å²) in [5, 5.41) is 3.66. The van der Waals surface area contributed by atoms with Crippen LogP contribution in [0.25, 0.3) is 0 Å². The van der Waals surface area contributed by atoms with Crippen molar-refractivity contribution in [2.45, 2.75) is 64.6 Å². The van der Waals surface area contributed by atoms with Gasteiger partial charge in [-0.1, -0.05) is 0 Å². The van der Waals surface area contributed by atoms with Gasteiger partial charge in [0, 0.05) is 18.1 Å². The minimum atomic E-state index is 0.689. The molecule has 0 aromatic heterocycles. The molecule has 2 nitrogen and oxygen atoms in total. The quantitative estimate of drug-likeness (QED) is 0.752. The van der Waals surface area contributed by atoms with Crippen molar-refractivity contribution in [1.82, 2.24) is 10.2 Å². The van der Waals surface area contributed by atoms with Crippen LogP contribution >= 0.6 is 0 Å². The van der Waals surface area contributed by atoms with Crippen LogP contribution in [-0.2, 0) is 0 Å².